The highest BCUT2D eigenvalue weighted by molar-refractivity contribution is 5.93. The van der Waals surface area contributed by atoms with Crippen LogP contribution < -0.4 is 5.32 Å². The molecule has 1 aliphatic heterocycles. The molecule has 2 fully saturated rings. The molecule has 174 valence electrons. The average Bonchev–Trinajstić information content (AvgIpc) is 3.46. The number of amides is 2. The number of alkyl carbamates (subject to hydrolysis) is 1. The second kappa shape index (κ2) is 8.86. The number of nitrogens with one attached hydrogen (secondary N) is 1. The van der Waals surface area contributed by atoms with E-state index in [4.69, 9.17) is 4.74 Å². The number of carboxylic acid groups (broad SMARTS) is 1. The fourth-order valence-electron chi connectivity index (χ4n) is 5.37. The van der Waals surface area contributed by atoms with Gasteiger partial charge in [0.1, 0.15) is 6.61 Å². The van der Waals surface area contributed by atoms with Gasteiger partial charge < -0.3 is 20.1 Å². The van der Waals surface area contributed by atoms with Crippen molar-refractivity contribution in [1.29, 1.82) is 0 Å². The Bertz CT molecular complexity index is 1160. The Hall–Kier alpha value is -3.79. The van der Waals surface area contributed by atoms with Crippen molar-refractivity contribution < 1.29 is 24.2 Å². The highest BCUT2D eigenvalue weighted by Crippen LogP contribution is 2.59. The van der Waals surface area contributed by atoms with E-state index in [0.29, 0.717) is 32.4 Å². The van der Waals surface area contributed by atoms with E-state index in [0.717, 1.165) is 11.1 Å². The maximum absolute atomic E-state index is 12.3. The molecule has 1 unspecified atom stereocenters. The molecule has 2 amide bonds. The Morgan fingerprint density at radius 3 is 2.24 bits per heavy atom. The standard InChI is InChI=1S/C27H26N2O5/c30-24(29-14-11-27(12-15-29)16-23(27)25(31)32)10-5-13-28-26(33)34-17-22-20-8-3-1-6-18(20)19-7-2-4-9-21(19)22/h1-4,6-9,22-23H,11-17H2,(H,28,33)(H,31,32). The van der Waals surface area contributed by atoms with Gasteiger partial charge in [-0.25, -0.2) is 4.79 Å². The molecule has 1 saturated carbocycles. The molecular formula is C27H26N2O5. The van der Waals surface area contributed by atoms with Crippen LogP contribution in [-0.2, 0) is 14.3 Å². The molecule has 7 heteroatoms. The van der Waals surface area contributed by atoms with E-state index in [2.05, 4.69) is 41.4 Å². The monoisotopic (exact) mass is 458 g/mol. The first-order valence-electron chi connectivity index (χ1n) is 11.6. The molecule has 1 saturated heterocycles. The summed E-state index contributed by atoms with van der Waals surface area (Å²) in [6, 6.07) is 16.3. The van der Waals surface area contributed by atoms with Crippen molar-refractivity contribution in [2.45, 2.75) is 25.2 Å². The number of carbonyl (C=O) groups excluding carboxylic acids is 2. The predicted octanol–water partition coefficient (Wildman–Crippen LogP) is 3.24. The van der Waals surface area contributed by atoms with Crippen LogP contribution in [0.15, 0.2) is 48.5 Å². The zero-order valence-corrected chi connectivity index (χ0v) is 18.8. The van der Waals surface area contributed by atoms with Gasteiger partial charge in [0.15, 0.2) is 0 Å². The van der Waals surface area contributed by atoms with E-state index in [-0.39, 0.29) is 36.3 Å². The van der Waals surface area contributed by atoms with Gasteiger partial charge in [-0.2, -0.15) is 0 Å². The van der Waals surface area contributed by atoms with Gasteiger partial charge in [0, 0.05) is 19.0 Å². The third-order valence-electron chi connectivity index (χ3n) is 7.39. The van der Waals surface area contributed by atoms with E-state index in [9.17, 15) is 19.5 Å². The van der Waals surface area contributed by atoms with Crippen LogP contribution in [0.5, 0.6) is 0 Å². The first kappa shape index (κ1) is 22.0. The quantitative estimate of drug-likeness (QED) is 0.686. The van der Waals surface area contributed by atoms with Gasteiger partial charge in [-0.15, -0.1) is 0 Å². The minimum Gasteiger partial charge on any atom is -0.481 e. The highest BCUT2D eigenvalue weighted by atomic mass is 16.5. The van der Waals surface area contributed by atoms with Gasteiger partial charge in [0.2, 0.25) is 0 Å². The normalized spacial score (nSPS) is 19.4. The van der Waals surface area contributed by atoms with Gasteiger partial charge in [0.25, 0.3) is 5.91 Å². The summed E-state index contributed by atoms with van der Waals surface area (Å²) in [6.45, 7) is 1.29. The zero-order valence-electron chi connectivity index (χ0n) is 18.8. The second-order valence-electron chi connectivity index (χ2n) is 9.23. The molecule has 1 atom stereocenters. The number of carboxylic acids is 1. The molecular weight excluding hydrogens is 432 g/mol. The lowest BCUT2D eigenvalue weighted by Crippen LogP contribution is -2.39. The van der Waals surface area contributed by atoms with Gasteiger partial charge in [-0.3, -0.25) is 9.59 Å². The van der Waals surface area contributed by atoms with Crippen molar-refractivity contribution in [2.75, 3.05) is 26.2 Å². The van der Waals surface area contributed by atoms with Crippen LogP contribution in [0.1, 0.15) is 36.3 Å². The summed E-state index contributed by atoms with van der Waals surface area (Å²) in [5.41, 5.74) is 4.50. The fraction of sp³-hybridized carbons (Fsp3) is 0.370. The molecule has 2 aromatic rings. The van der Waals surface area contributed by atoms with E-state index in [1.165, 1.54) is 11.1 Å². The molecule has 2 aromatic carbocycles. The van der Waals surface area contributed by atoms with Gasteiger partial charge in [-0.1, -0.05) is 54.5 Å². The molecule has 0 aromatic heterocycles. The number of hydrogen-bond donors (Lipinski definition) is 2. The Labute approximate surface area is 198 Å². The number of aliphatic carboxylic acids is 1. The summed E-state index contributed by atoms with van der Waals surface area (Å²) >= 11 is 0. The van der Waals surface area contributed by atoms with Crippen LogP contribution in [0.25, 0.3) is 11.1 Å². The number of likely N-dealkylation sites (tertiary alicyclic amines) is 1. The Morgan fingerprint density at radius 1 is 1.03 bits per heavy atom. The third-order valence-corrected chi connectivity index (χ3v) is 7.39. The molecule has 7 nitrogen and oxygen atoms in total. The number of nitrogens with zero attached hydrogens (tertiary/aromatic N) is 1. The van der Waals surface area contributed by atoms with Crippen LogP contribution in [-0.4, -0.2) is 54.2 Å². The zero-order chi connectivity index (χ0) is 23.7. The van der Waals surface area contributed by atoms with Crippen molar-refractivity contribution in [3.8, 4) is 23.0 Å². The molecule has 34 heavy (non-hydrogen) atoms. The minimum absolute atomic E-state index is 0.0135. The summed E-state index contributed by atoms with van der Waals surface area (Å²) < 4.78 is 5.46. The Morgan fingerprint density at radius 2 is 1.65 bits per heavy atom. The molecule has 1 heterocycles. The lowest BCUT2D eigenvalue weighted by molar-refractivity contribution is -0.139. The predicted molar refractivity (Wildman–Crippen MR) is 125 cm³/mol. The summed E-state index contributed by atoms with van der Waals surface area (Å²) in [5.74, 6) is 3.94. The molecule has 0 bridgehead atoms. The second-order valence-corrected chi connectivity index (χ2v) is 9.23. The highest BCUT2D eigenvalue weighted by Gasteiger charge is 2.59. The van der Waals surface area contributed by atoms with Crippen LogP contribution in [0, 0.1) is 23.2 Å². The summed E-state index contributed by atoms with van der Waals surface area (Å²) in [5, 5.41) is 11.8. The molecule has 1 spiro atoms. The number of ether oxygens (including phenoxy) is 1. The molecule has 5 rings (SSSR count). The van der Waals surface area contributed by atoms with Crippen LogP contribution in [0.3, 0.4) is 0 Å². The van der Waals surface area contributed by atoms with E-state index >= 15 is 0 Å². The lowest BCUT2D eigenvalue weighted by Gasteiger charge is -2.31. The van der Waals surface area contributed by atoms with Crippen molar-refractivity contribution >= 4 is 18.0 Å². The Kier molecular flexibility index (Phi) is 5.74. The number of benzene rings is 2. The molecule has 3 aliphatic rings. The van der Waals surface area contributed by atoms with E-state index in [1.54, 1.807) is 4.90 Å². The topological polar surface area (TPSA) is 95.9 Å². The first-order chi connectivity index (χ1) is 16.5. The average molecular weight is 459 g/mol. The summed E-state index contributed by atoms with van der Waals surface area (Å²) in [7, 11) is 0. The van der Waals surface area contributed by atoms with Crippen LogP contribution in [0.4, 0.5) is 4.79 Å². The van der Waals surface area contributed by atoms with E-state index < -0.39 is 12.1 Å². The van der Waals surface area contributed by atoms with Crippen molar-refractivity contribution in [1.82, 2.24) is 10.2 Å². The van der Waals surface area contributed by atoms with Gasteiger partial charge in [0.05, 0.1) is 12.5 Å². The van der Waals surface area contributed by atoms with Crippen LogP contribution in [0.2, 0.25) is 0 Å². The molecule has 0 radical (unpaired) electrons. The maximum Gasteiger partial charge on any atom is 0.407 e. The number of rotatable bonds is 4. The first-order valence-corrected chi connectivity index (χ1v) is 11.6. The maximum atomic E-state index is 12.3. The number of fused-ring (bicyclic) bond motifs is 3. The third kappa shape index (κ3) is 4.12. The smallest absolute Gasteiger partial charge is 0.407 e. The van der Waals surface area contributed by atoms with E-state index in [1.807, 2.05) is 24.3 Å². The number of hydrogen-bond acceptors (Lipinski definition) is 4. The Balaban J connectivity index is 1.08. The summed E-state index contributed by atoms with van der Waals surface area (Å²) in [4.78, 5) is 37.3. The van der Waals surface area contributed by atoms with Crippen LogP contribution >= 0.6 is 0 Å². The molecule has 2 N–H and O–H groups in total. The minimum atomic E-state index is -0.737. The SMILES string of the molecule is O=C(NCC#CC(=O)N1CCC2(CC1)CC2C(=O)O)OCC1c2ccccc2-c2ccccc21. The largest absolute Gasteiger partial charge is 0.481 e. The lowest BCUT2D eigenvalue weighted by atomic mass is 9.91. The number of piperidine rings is 1. The number of carbonyl (C=O) groups is 3. The van der Waals surface area contributed by atoms with Gasteiger partial charge >= 0.3 is 12.1 Å². The van der Waals surface area contributed by atoms with Crippen molar-refractivity contribution in [2.24, 2.45) is 11.3 Å². The van der Waals surface area contributed by atoms with Gasteiger partial charge in [-0.05, 0) is 52.9 Å². The van der Waals surface area contributed by atoms with Crippen molar-refractivity contribution in [3.63, 3.8) is 0 Å². The van der Waals surface area contributed by atoms with Crippen molar-refractivity contribution in [3.05, 3.63) is 59.7 Å². The summed E-state index contributed by atoms with van der Waals surface area (Å²) in [6.07, 6.45) is 1.54. The fourth-order valence-corrected chi connectivity index (χ4v) is 5.37. The molecule has 2 aliphatic carbocycles.